The zero-order valence-corrected chi connectivity index (χ0v) is 19.8. The van der Waals surface area contributed by atoms with Crippen molar-refractivity contribution in [1.82, 2.24) is 9.62 Å². The Morgan fingerprint density at radius 3 is 2.62 bits per heavy atom. The van der Waals surface area contributed by atoms with Crippen molar-refractivity contribution in [2.45, 2.75) is 37.2 Å². The summed E-state index contributed by atoms with van der Waals surface area (Å²) in [5.74, 6) is -0.0434. The third-order valence-corrected chi connectivity index (χ3v) is 7.90. The predicted octanol–water partition coefficient (Wildman–Crippen LogP) is 2.99. The van der Waals surface area contributed by atoms with Crippen molar-refractivity contribution in [1.29, 1.82) is 0 Å². The van der Waals surface area contributed by atoms with Crippen molar-refractivity contribution in [2.75, 3.05) is 37.7 Å². The van der Waals surface area contributed by atoms with Crippen LogP contribution < -0.4 is 9.62 Å². The lowest BCUT2D eigenvalue weighted by Gasteiger charge is -2.35. The molecule has 7 nitrogen and oxygen atoms in total. The number of benzene rings is 2. The van der Waals surface area contributed by atoms with Gasteiger partial charge in [0, 0.05) is 49.4 Å². The standard InChI is InChI=1S/C23H28ClN3O4S/c1-16-13-18-14-19(7-8-22(18)27(16)17(2)28)32(29,30)25-15-23(26-9-11-31-12-10-26)20-5-3-4-6-21(20)24/h3-8,14,16,23,25H,9-13,15H2,1-2H3/t16-,23-/m0/s1. The molecule has 1 saturated heterocycles. The molecule has 2 aromatic carbocycles. The first kappa shape index (κ1) is 23.2. The maximum Gasteiger partial charge on any atom is 0.240 e. The van der Waals surface area contributed by atoms with Gasteiger partial charge in [-0.2, -0.15) is 0 Å². The molecular formula is C23H28ClN3O4S. The second-order valence-corrected chi connectivity index (χ2v) is 10.4. The molecule has 2 aromatic rings. The van der Waals surface area contributed by atoms with Gasteiger partial charge in [-0.05, 0) is 48.7 Å². The predicted molar refractivity (Wildman–Crippen MR) is 125 cm³/mol. The molecule has 0 saturated carbocycles. The molecule has 0 spiro atoms. The molecular weight excluding hydrogens is 450 g/mol. The Hall–Kier alpha value is -1.97. The van der Waals surface area contributed by atoms with E-state index in [1.165, 1.54) is 6.92 Å². The summed E-state index contributed by atoms with van der Waals surface area (Å²) in [5.41, 5.74) is 2.54. The first-order valence-electron chi connectivity index (χ1n) is 10.8. The molecule has 2 heterocycles. The van der Waals surface area contributed by atoms with Crippen LogP contribution in [0.4, 0.5) is 5.69 Å². The number of amides is 1. The number of nitrogens with zero attached hydrogens (tertiary/aromatic N) is 2. The molecule has 1 amide bonds. The van der Waals surface area contributed by atoms with E-state index in [4.69, 9.17) is 16.3 Å². The van der Waals surface area contributed by atoms with Gasteiger partial charge in [0.2, 0.25) is 15.9 Å². The topological polar surface area (TPSA) is 79.0 Å². The van der Waals surface area contributed by atoms with E-state index < -0.39 is 10.0 Å². The lowest BCUT2D eigenvalue weighted by atomic mass is 10.0. The van der Waals surface area contributed by atoms with E-state index in [0.717, 1.165) is 16.8 Å². The maximum absolute atomic E-state index is 13.2. The Kier molecular flexibility index (Phi) is 6.88. The number of hydrogen-bond acceptors (Lipinski definition) is 5. The molecule has 1 N–H and O–H groups in total. The Labute approximate surface area is 194 Å². The number of carbonyl (C=O) groups excluding carboxylic acids is 1. The Morgan fingerprint density at radius 2 is 1.94 bits per heavy atom. The van der Waals surface area contributed by atoms with Gasteiger partial charge in [0.05, 0.1) is 18.1 Å². The number of rotatable bonds is 6. The highest BCUT2D eigenvalue weighted by Crippen LogP contribution is 2.34. The number of fused-ring (bicyclic) bond motifs is 1. The van der Waals surface area contributed by atoms with Crippen LogP contribution >= 0.6 is 11.6 Å². The molecule has 32 heavy (non-hydrogen) atoms. The van der Waals surface area contributed by atoms with Crippen molar-refractivity contribution < 1.29 is 17.9 Å². The number of anilines is 1. The van der Waals surface area contributed by atoms with Gasteiger partial charge in [-0.1, -0.05) is 29.8 Å². The molecule has 9 heteroatoms. The summed E-state index contributed by atoms with van der Waals surface area (Å²) in [7, 11) is -3.75. The van der Waals surface area contributed by atoms with Gasteiger partial charge >= 0.3 is 0 Å². The molecule has 2 atom stereocenters. The van der Waals surface area contributed by atoms with Gasteiger partial charge < -0.3 is 9.64 Å². The van der Waals surface area contributed by atoms with E-state index >= 15 is 0 Å². The fourth-order valence-corrected chi connectivity index (χ4v) is 5.95. The molecule has 2 aliphatic heterocycles. The van der Waals surface area contributed by atoms with Gasteiger partial charge in [-0.15, -0.1) is 0 Å². The summed E-state index contributed by atoms with van der Waals surface area (Å²) < 4.78 is 34.6. The zero-order chi connectivity index (χ0) is 22.9. The minimum absolute atomic E-state index is 0.0133. The number of carbonyl (C=O) groups is 1. The van der Waals surface area contributed by atoms with Crippen LogP contribution in [0.1, 0.15) is 31.0 Å². The van der Waals surface area contributed by atoms with E-state index in [2.05, 4.69) is 9.62 Å². The minimum atomic E-state index is -3.75. The Balaban J connectivity index is 1.56. The van der Waals surface area contributed by atoms with Gasteiger partial charge in [-0.25, -0.2) is 13.1 Å². The van der Waals surface area contributed by atoms with Gasteiger partial charge in [0.25, 0.3) is 0 Å². The van der Waals surface area contributed by atoms with E-state index in [0.29, 0.717) is 37.7 Å². The number of nitrogens with one attached hydrogen (secondary N) is 1. The Bertz CT molecular complexity index is 1100. The number of ether oxygens (including phenoxy) is 1. The molecule has 0 radical (unpaired) electrons. The molecule has 0 unspecified atom stereocenters. The SMILES string of the molecule is CC(=O)N1c2ccc(S(=O)(=O)NC[C@@H](c3ccccc3Cl)N3CCOCC3)cc2C[C@@H]1C. The molecule has 0 bridgehead atoms. The smallest absolute Gasteiger partial charge is 0.240 e. The summed E-state index contributed by atoms with van der Waals surface area (Å²) >= 11 is 6.45. The highest BCUT2D eigenvalue weighted by molar-refractivity contribution is 7.89. The fourth-order valence-electron chi connectivity index (χ4n) is 4.60. The van der Waals surface area contributed by atoms with Crippen LogP contribution in [0.5, 0.6) is 0 Å². The number of morpholine rings is 1. The van der Waals surface area contributed by atoms with Crippen LogP contribution in [0.25, 0.3) is 0 Å². The number of sulfonamides is 1. The monoisotopic (exact) mass is 477 g/mol. The van der Waals surface area contributed by atoms with Crippen LogP contribution in [0.15, 0.2) is 47.4 Å². The molecule has 0 aromatic heterocycles. The van der Waals surface area contributed by atoms with Crippen molar-refractivity contribution >= 4 is 33.2 Å². The van der Waals surface area contributed by atoms with E-state index in [1.807, 2.05) is 31.2 Å². The van der Waals surface area contributed by atoms with Crippen LogP contribution in [0.3, 0.4) is 0 Å². The molecule has 0 aliphatic carbocycles. The quantitative estimate of drug-likeness (QED) is 0.692. The summed E-state index contributed by atoms with van der Waals surface area (Å²) in [4.78, 5) is 16.1. The van der Waals surface area contributed by atoms with Crippen LogP contribution in [0.2, 0.25) is 5.02 Å². The van der Waals surface area contributed by atoms with Crippen molar-refractivity contribution in [3.8, 4) is 0 Å². The molecule has 1 fully saturated rings. The lowest BCUT2D eigenvalue weighted by molar-refractivity contribution is -0.116. The summed E-state index contributed by atoms with van der Waals surface area (Å²) in [6.45, 7) is 6.29. The first-order chi connectivity index (χ1) is 15.3. The molecule has 172 valence electrons. The first-order valence-corrected chi connectivity index (χ1v) is 12.6. The van der Waals surface area contributed by atoms with Gasteiger partial charge in [0.1, 0.15) is 0 Å². The third kappa shape index (κ3) is 4.70. The minimum Gasteiger partial charge on any atom is -0.379 e. The normalized spacial score (nSPS) is 20.2. The van der Waals surface area contributed by atoms with E-state index in [-0.39, 0.29) is 29.4 Å². The second-order valence-electron chi connectivity index (χ2n) is 8.27. The van der Waals surface area contributed by atoms with Crippen molar-refractivity contribution in [2.24, 2.45) is 0 Å². The van der Waals surface area contributed by atoms with Crippen molar-refractivity contribution in [3.63, 3.8) is 0 Å². The highest BCUT2D eigenvalue weighted by atomic mass is 35.5. The third-order valence-electron chi connectivity index (χ3n) is 6.13. The second kappa shape index (κ2) is 9.49. The Morgan fingerprint density at radius 1 is 1.22 bits per heavy atom. The molecule has 2 aliphatic rings. The number of halogens is 1. The maximum atomic E-state index is 13.2. The van der Waals surface area contributed by atoms with Gasteiger partial charge in [0.15, 0.2) is 0 Å². The lowest BCUT2D eigenvalue weighted by Crippen LogP contribution is -2.43. The summed E-state index contributed by atoms with van der Waals surface area (Å²) in [5, 5.41) is 0.610. The van der Waals surface area contributed by atoms with E-state index in [9.17, 15) is 13.2 Å². The van der Waals surface area contributed by atoms with E-state index in [1.54, 1.807) is 23.1 Å². The largest absolute Gasteiger partial charge is 0.379 e. The average Bonchev–Trinajstić information content (AvgIpc) is 3.11. The van der Waals surface area contributed by atoms with Crippen LogP contribution in [-0.2, 0) is 26.0 Å². The zero-order valence-electron chi connectivity index (χ0n) is 18.3. The van der Waals surface area contributed by atoms with Crippen LogP contribution in [-0.4, -0.2) is 58.1 Å². The average molecular weight is 478 g/mol. The van der Waals surface area contributed by atoms with Crippen LogP contribution in [0, 0.1) is 0 Å². The van der Waals surface area contributed by atoms with Gasteiger partial charge in [-0.3, -0.25) is 9.69 Å². The molecule has 4 rings (SSSR count). The fraction of sp³-hybridized carbons (Fsp3) is 0.435. The summed E-state index contributed by atoms with van der Waals surface area (Å²) in [6.07, 6.45) is 0.633. The number of hydrogen-bond donors (Lipinski definition) is 1. The highest BCUT2D eigenvalue weighted by Gasteiger charge is 2.31. The summed E-state index contributed by atoms with van der Waals surface area (Å²) in [6, 6.07) is 12.3. The van der Waals surface area contributed by atoms with Crippen molar-refractivity contribution in [3.05, 3.63) is 58.6 Å².